The minimum atomic E-state index is -0.759. The molecule has 0 saturated carbocycles. The Labute approximate surface area is 101 Å². The van der Waals surface area contributed by atoms with Gasteiger partial charge in [0.15, 0.2) is 0 Å². The lowest BCUT2D eigenvalue weighted by atomic mass is 10.0. The molecule has 96 valence electrons. The highest BCUT2D eigenvalue weighted by Gasteiger charge is 2.26. The van der Waals surface area contributed by atoms with E-state index in [9.17, 15) is 9.59 Å². The first-order chi connectivity index (χ1) is 8.13. The van der Waals surface area contributed by atoms with Gasteiger partial charge in [-0.2, -0.15) is 0 Å². The first kappa shape index (κ1) is 13.5. The van der Waals surface area contributed by atoms with Crippen molar-refractivity contribution in [3.63, 3.8) is 0 Å². The SMILES string of the molecule is C=CCOC(=O)N1CCC(CCCC(=O)O)C1. The van der Waals surface area contributed by atoms with Crippen molar-refractivity contribution < 1.29 is 19.4 Å². The lowest BCUT2D eigenvalue weighted by Gasteiger charge is -2.15. The van der Waals surface area contributed by atoms with Crippen LogP contribution >= 0.6 is 0 Å². The van der Waals surface area contributed by atoms with Crippen molar-refractivity contribution >= 4 is 12.1 Å². The molecule has 1 aliphatic rings. The zero-order chi connectivity index (χ0) is 12.7. The molecule has 1 N–H and O–H groups in total. The van der Waals surface area contributed by atoms with Gasteiger partial charge in [-0.05, 0) is 25.2 Å². The Bertz CT molecular complexity index is 290. The van der Waals surface area contributed by atoms with E-state index in [4.69, 9.17) is 9.84 Å². The van der Waals surface area contributed by atoms with Crippen LogP contribution in [-0.4, -0.2) is 41.8 Å². The van der Waals surface area contributed by atoms with E-state index >= 15 is 0 Å². The summed E-state index contributed by atoms with van der Waals surface area (Å²) in [6.45, 7) is 5.09. The molecule has 1 rings (SSSR count). The summed E-state index contributed by atoms with van der Waals surface area (Å²) in [4.78, 5) is 23.5. The number of hydrogen-bond acceptors (Lipinski definition) is 3. The molecule has 0 aromatic carbocycles. The molecule has 1 heterocycles. The molecule has 0 aliphatic carbocycles. The van der Waals surface area contributed by atoms with E-state index in [0.29, 0.717) is 25.4 Å². The minimum absolute atomic E-state index is 0.206. The minimum Gasteiger partial charge on any atom is -0.481 e. The zero-order valence-corrected chi connectivity index (χ0v) is 9.93. The molecule has 17 heavy (non-hydrogen) atoms. The van der Waals surface area contributed by atoms with Crippen LogP contribution < -0.4 is 0 Å². The van der Waals surface area contributed by atoms with Gasteiger partial charge in [-0.25, -0.2) is 4.79 Å². The topological polar surface area (TPSA) is 66.8 Å². The average molecular weight is 241 g/mol. The van der Waals surface area contributed by atoms with E-state index in [1.807, 2.05) is 0 Å². The number of rotatable bonds is 6. The van der Waals surface area contributed by atoms with Crippen LogP contribution in [0.2, 0.25) is 0 Å². The van der Waals surface area contributed by atoms with E-state index in [2.05, 4.69) is 6.58 Å². The van der Waals surface area contributed by atoms with Crippen molar-refractivity contribution in [3.05, 3.63) is 12.7 Å². The lowest BCUT2D eigenvalue weighted by molar-refractivity contribution is -0.137. The Morgan fingerprint density at radius 3 is 2.94 bits per heavy atom. The van der Waals surface area contributed by atoms with Crippen molar-refractivity contribution in [2.24, 2.45) is 5.92 Å². The monoisotopic (exact) mass is 241 g/mol. The molecular formula is C12H19NO4. The van der Waals surface area contributed by atoms with Gasteiger partial charge < -0.3 is 14.7 Å². The summed E-state index contributed by atoms with van der Waals surface area (Å²) in [5, 5.41) is 8.53. The van der Waals surface area contributed by atoms with Crippen molar-refractivity contribution in [2.75, 3.05) is 19.7 Å². The Hall–Kier alpha value is -1.52. The quantitative estimate of drug-likeness (QED) is 0.721. The third-order valence-electron chi connectivity index (χ3n) is 2.87. The van der Waals surface area contributed by atoms with Gasteiger partial charge in [0.2, 0.25) is 0 Å². The van der Waals surface area contributed by atoms with Gasteiger partial charge in [0.05, 0.1) is 0 Å². The van der Waals surface area contributed by atoms with Gasteiger partial charge in [0, 0.05) is 19.5 Å². The van der Waals surface area contributed by atoms with E-state index in [1.165, 1.54) is 6.08 Å². The molecule has 0 radical (unpaired) electrons. The highest BCUT2D eigenvalue weighted by molar-refractivity contribution is 5.68. The molecule has 1 aliphatic heterocycles. The molecule has 1 amide bonds. The maximum atomic E-state index is 11.5. The molecule has 1 unspecified atom stereocenters. The van der Waals surface area contributed by atoms with Crippen molar-refractivity contribution in [1.29, 1.82) is 0 Å². The summed E-state index contributed by atoms with van der Waals surface area (Å²) in [6, 6.07) is 0. The molecule has 5 heteroatoms. The van der Waals surface area contributed by atoms with Crippen LogP contribution in [0.15, 0.2) is 12.7 Å². The second kappa shape index (κ2) is 6.93. The van der Waals surface area contributed by atoms with Gasteiger partial charge in [0.1, 0.15) is 6.61 Å². The number of amides is 1. The van der Waals surface area contributed by atoms with E-state index in [-0.39, 0.29) is 19.1 Å². The number of aliphatic carboxylic acids is 1. The molecule has 0 bridgehead atoms. The molecule has 1 saturated heterocycles. The van der Waals surface area contributed by atoms with Crippen molar-refractivity contribution in [1.82, 2.24) is 4.90 Å². The predicted octanol–water partition coefficient (Wildman–Crippen LogP) is 1.89. The van der Waals surface area contributed by atoms with E-state index in [1.54, 1.807) is 4.90 Å². The zero-order valence-electron chi connectivity index (χ0n) is 9.93. The molecule has 0 aromatic rings. The lowest BCUT2D eigenvalue weighted by Crippen LogP contribution is -2.29. The number of carbonyl (C=O) groups excluding carboxylic acids is 1. The van der Waals surface area contributed by atoms with Gasteiger partial charge in [-0.15, -0.1) is 0 Å². The fraction of sp³-hybridized carbons (Fsp3) is 0.667. The van der Waals surface area contributed by atoms with E-state index < -0.39 is 5.97 Å². The maximum absolute atomic E-state index is 11.5. The van der Waals surface area contributed by atoms with E-state index in [0.717, 1.165) is 12.8 Å². The first-order valence-corrected chi connectivity index (χ1v) is 5.88. The van der Waals surface area contributed by atoms with Gasteiger partial charge >= 0.3 is 12.1 Å². The fourth-order valence-electron chi connectivity index (χ4n) is 2.00. The Balaban J connectivity index is 2.20. The van der Waals surface area contributed by atoms with Crippen LogP contribution in [0.25, 0.3) is 0 Å². The third kappa shape index (κ3) is 4.89. The molecule has 0 spiro atoms. The van der Waals surface area contributed by atoms with Crippen LogP contribution in [0.1, 0.15) is 25.7 Å². The number of likely N-dealkylation sites (tertiary alicyclic amines) is 1. The third-order valence-corrected chi connectivity index (χ3v) is 2.87. The van der Waals surface area contributed by atoms with Gasteiger partial charge in [-0.3, -0.25) is 4.79 Å². The molecule has 1 fully saturated rings. The van der Waals surface area contributed by atoms with Gasteiger partial charge in [0.25, 0.3) is 0 Å². The summed E-state index contributed by atoms with van der Waals surface area (Å²) in [5.41, 5.74) is 0. The predicted molar refractivity (Wildman–Crippen MR) is 62.7 cm³/mol. The van der Waals surface area contributed by atoms with Crippen molar-refractivity contribution in [2.45, 2.75) is 25.7 Å². The largest absolute Gasteiger partial charge is 0.481 e. The number of nitrogens with zero attached hydrogens (tertiary/aromatic N) is 1. The number of carboxylic acids is 1. The normalized spacial score (nSPS) is 19.1. The number of carboxylic acid groups (broad SMARTS) is 1. The molecule has 0 aromatic heterocycles. The first-order valence-electron chi connectivity index (χ1n) is 5.88. The average Bonchev–Trinajstić information content (AvgIpc) is 2.74. The Morgan fingerprint density at radius 2 is 2.29 bits per heavy atom. The number of ether oxygens (including phenoxy) is 1. The standard InChI is InChI=1S/C12H19NO4/c1-2-8-17-12(16)13-7-6-10(9-13)4-3-5-11(14)15/h2,10H,1,3-9H2,(H,14,15). The summed E-state index contributed by atoms with van der Waals surface area (Å²) >= 11 is 0. The summed E-state index contributed by atoms with van der Waals surface area (Å²) in [5.74, 6) is -0.351. The summed E-state index contributed by atoms with van der Waals surface area (Å²) in [6.07, 6.45) is 3.91. The number of carbonyl (C=O) groups is 2. The summed E-state index contributed by atoms with van der Waals surface area (Å²) in [7, 11) is 0. The van der Waals surface area contributed by atoms with Crippen LogP contribution in [0.4, 0.5) is 4.79 Å². The highest BCUT2D eigenvalue weighted by atomic mass is 16.6. The fourth-order valence-corrected chi connectivity index (χ4v) is 2.00. The molecular weight excluding hydrogens is 222 g/mol. The van der Waals surface area contributed by atoms with Crippen LogP contribution in [0, 0.1) is 5.92 Å². The summed E-state index contributed by atoms with van der Waals surface area (Å²) < 4.78 is 4.94. The smallest absolute Gasteiger partial charge is 0.410 e. The van der Waals surface area contributed by atoms with Crippen molar-refractivity contribution in [3.8, 4) is 0 Å². The highest BCUT2D eigenvalue weighted by Crippen LogP contribution is 2.22. The van der Waals surface area contributed by atoms with Crippen LogP contribution in [-0.2, 0) is 9.53 Å². The van der Waals surface area contributed by atoms with Gasteiger partial charge in [-0.1, -0.05) is 12.7 Å². The molecule has 5 nitrogen and oxygen atoms in total. The second-order valence-corrected chi connectivity index (χ2v) is 4.25. The maximum Gasteiger partial charge on any atom is 0.410 e. The number of hydrogen-bond donors (Lipinski definition) is 1. The van der Waals surface area contributed by atoms with Crippen LogP contribution in [0.5, 0.6) is 0 Å². The Kier molecular flexibility index (Phi) is 5.52. The Morgan fingerprint density at radius 1 is 1.53 bits per heavy atom. The van der Waals surface area contributed by atoms with Crippen LogP contribution in [0.3, 0.4) is 0 Å². The second-order valence-electron chi connectivity index (χ2n) is 4.25. The molecule has 1 atom stereocenters.